The summed E-state index contributed by atoms with van der Waals surface area (Å²) in [5.74, 6) is 0. The second-order valence-electron chi connectivity index (χ2n) is 4.07. The van der Waals surface area contributed by atoms with Crippen LogP contribution in [0.1, 0.15) is 0 Å². The van der Waals surface area contributed by atoms with Gasteiger partial charge in [-0.1, -0.05) is 48.5 Å². The molecule has 0 N–H and O–H groups in total. The molecule has 0 bridgehead atoms. The van der Waals surface area contributed by atoms with E-state index in [1.54, 1.807) is 6.20 Å². The van der Waals surface area contributed by atoms with Gasteiger partial charge in [0.05, 0.1) is 5.52 Å². The first-order valence-electron chi connectivity index (χ1n) is 5.72. The predicted molar refractivity (Wildman–Crippen MR) is 74.1 cm³/mol. The van der Waals surface area contributed by atoms with Crippen molar-refractivity contribution in [3.63, 3.8) is 0 Å². The lowest BCUT2D eigenvalue weighted by atomic mass is 10.1. The quantitative estimate of drug-likeness (QED) is 0.718. The maximum absolute atomic E-state index is 10.8. The van der Waals surface area contributed by atoms with Gasteiger partial charge < -0.3 is 0 Å². The van der Waals surface area contributed by atoms with Crippen LogP contribution in [0.5, 0.6) is 0 Å². The van der Waals surface area contributed by atoms with Crippen LogP contribution in [0.15, 0.2) is 65.3 Å². The van der Waals surface area contributed by atoms with E-state index < -0.39 is 10.5 Å². The van der Waals surface area contributed by atoms with E-state index in [9.17, 15) is 8.42 Å². The zero-order valence-electron chi connectivity index (χ0n) is 9.89. The highest BCUT2D eigenvalue weighted by Gasteiger charge is 2.09. The van der Waals surface area contributed by atoms with Crippen LogP contribution in [0.4, 0.5) is 0 Å². The molecule has 0 atom stereocenters. The van der Waals surface area contributed by atoms with Crippen molar-refractivity contribution in [2.24, 2.45) is 4.47 Å². The molecule has 19 heavy (non-hydrogen) atoms. The molecule has 0 unspecified atom stereocenters. The molecule has 0 saturated carbocycles. The van der Waals surface area contributed by atoms with Crippen LogP contribution in [0.25, 0.3) is 22.0 Å². The number of para-hydroxylation sites is 1. The Morgan fingerprint density at radius 2 is 1.58 bits per heavy atom. The summed E-state index contributed by atoms with van der Waals surface area (Å²) in [6.07, 6.45) is 1.73. The van der Waals surface area contributed by atoms with Crippen molar-refractivity contribution in [1.29, 1.82) is 0 Å². The van der Waals surface area contributed by atoms with Crippen molar-refractivity contribution < 1.29 is 8.42 Å². The van der Waals surface area contributed by atoms with Crippen LogP contribution in [-0.2, 0) is 10.5 Å². The summed E-state index contributed by atoms with van der Waals surface area (Å²) in [4.78, 5) is 0. The van der Waals surface area contributed by atoms with Crippen molar-refractivity contribution in [2.45, 2.75) is 0 Å². The lowest BCUT2D eigenvalue weighted by Gasteiger charge is -1.97. The van der Waals surface area contributed by atoms with Gasteiger partial charge in [0.25, 0.3) is 0 Å². The average Bonchev–Trinajstić information content (AvgIpc) is 2.78. The van der Waals surface area contributed by atoms with Gasteiger partial charge in [0.2, 0.25) is 0 Å². The molecule has 4 nitrogen and oxygen atoms in total. The maximum Gasteiger partial charge on any atom is 0.333 e. The third-order valence-electron chi connectivity index (χ3n) is 2.93. The summed E-state index contributed by atoms with van der Waals surface area (Å²) in [5.41, 5.74) is 2.76. The summed E-state index contributed by atoms with van der Waals surface area (Å²) in [5, 5.41) is 0.975. The minimum atomic E-state index is -2.48. The molecule has 0 aliphatic heterocycles. The van der Waals surface area contributed by atoms with Gasteiger partial charge in [-0.25, -0.2) is 4.68 Å². The molecule has 5 heteroatoms. The summed E-state index contributed by atoms with van der Waals surface area (Å²) in [6.45, 7) is 0. The van der Waals surface area contributed by atoms with Crippen molar-refractivity contribution in [3.05, 3.63) is 60.8 Å². The van der Waals surface area contributed by atoms with E-state index in [0.717, 1.165) is 22.0 Å². The van der Waals surface area contributed by atoms with Gasteiger partial charge in [0, 0.05) is 17.1 Å². The number of aromatic nitrogens is 1. The van der Waals surface area contributed by atoms with E-state index in [1.807, 2.05) is 54.6 Å². The molecule has 0 spiro atoms. The van der Waals surface area contributed by atoms with Crippen LogP contribution < -0.4 is 0 Å². The average molecular weight is 270 g/mol. The monoisotopic (exact) mass is 270 g/mol. The van der Waals surface area contributed by atoms with E-state index in [2.05, 4.69) is 4.47 Å². The van der Waals surface area contributed by atoms with Gasteiger partial charge in [0.15, 0.2) is 0 Å². The maximum atomic E-state index is 10.8. The third kappa shape index (κ3) is 2.15. The Hall–Kier alpha value is -2.40. The van der Waals surface area contributed by atoms with Crippen molar-refractivity contribution >= 4 is 21.4 Å². The number of hydrogen-bond donors (Lipinski definition) is 0. The molecule has 94 valence electrons. The van der Waals surface area contributed by atoms with Crippen molar-refractivity contribution in [1.82, 2.24) is 4.68 Å². The van der Waals surface area contributed by atoms with E-state index in [1.165, 1.54) is 4.68 Å². The largest absolute Gasteiger partial charge is 0.333 e. The highest BCUT2D eigenvalue weighted by atomic mass is 32.2. The first-order chi connectivity index (χ1) is 9.25. The Morgan fingerprint density at radius 1 is 0.895 bits per heavy atom. The van der Waals surface area contributed by atoms with Crippen LogP contribution in [0, 0.1) is 0 Å². The predicted octanol–water partition coefficient (Wildman–Crippen LogP) is 3.13. The normalized spacial score (nSPS) is 10.5. The van der Waals surface area contributed by atoms with E-state index in [-0.39, 0.29) is 0 Å². The Kier molecular flexibility index (Phi) is 2.89. The fourth-order valence-corrected chi connectivity index (χ4v) is 2.43. The minimum absolute atomic E-state index is 0.769. The molecule has 0 aliphatic rings. The van der Waals surface area contributed by atoms with Crippen molar-refractivity contribution in [3.8, 4) is 11.1 Å². The molecule has 0 saturated heterocycles. The second kappa shape index (κ2) is 4.70. The van der Waals surface area contributed by atoms with Gasteiger partial charge in [-0.05, 0) is 16.1 Å². The van der Waals surface area contributed by atoms with Crippen LogP contribution >= 0.6 is 0 Å². The summed E-state index contributed by atoms with van der Waals surface area (Å²) in [7, 11) is -2.48. The first kappa shape index (κ1) is 11.7. The second-order valence-corrected chi connectivity index (χ2v) is 4.67. The molecule has 2 aromatic carbocycles. The number of rotatable bonds is 2. The smallest absolute Gasteiger partial charge is 0.225 e. The topological polar surface area (TPSA) is 51.4 Å². The standard InChI is InChI=1S/C14H10N2O2S/c17-19(18)15-16-10-13(11-6-2-1-3-7-11)12-8-4-5-9-14(12)16/h1-10H. The molecule has 1 heterocycles. The van der Waals surface area contributed by atoms with Gasteiger partial charge in [-0.3, -0.25) is 0 Å². The summed E-state index contributed by atoms with van der Waals surface area (Å²) in [6, 6.07) is 17.4. The zero-order valence-corrected chi connectivity index (χ0v) is 10.7. The fraction of sp³-hybridized carbons (Fsp3) is 0. The summed E-state index contributed by atoms with van der Waals surface area (Å²) < 4.78 is 26.5. The summed E-state index contributed by atoms with van der Waals surface area (Å²) >= 11 is 0. The SMILES string of the molecule is O=S(=O)=Nn1cc(-c2ccccc2)c2ccccc21. The van der Waals surface area contributed by atoms with Crippen molar-refractivity contribution in [2.75, 3.05) is 0 Å². The lowest BCUT2D eigenvalue weighted by molar-refractivity contribution is 0.617. The van der Waals surface area contributed by atoms with E-state index >= 15 is 0 Å². The van der Waals surface area contributed by atoms with Crippen LogP contribution in [0.2, 0.25) is 0 Å². The fourth-order valence-electron chi connectivity index (χ4n) is 2.15. The molecule has 1 aromatic heterocycles. The van der Waals surface area contributed by atoms with Gasteiger partial charge in [-0.2, -0.15) is 8.42 Å². The number of nitrogens with zero attached hydrogens (tertiary/aromatic N) is 2. The highest BCUT2D eigenvalue weighted by Crippen LogP contribution is 2.30. The van der Waals surface area contributed by atoms with Gasteiger partial charge in [-0.15, -0.1) is 0 Å². The van der Waals surface area contributed by atoms with Gasteiger partial charge in [0.1, 0.15) is 0 Å². The molecule has 0 fully saturated rings. The minimum Gasteiger partial charge on any atom is -0.225 e. The Balaban J connectivity index is 2.35. The molecule has 3 rings (SSSR count). The number of fused-ring (bicyclic) bond motifs is 1. The Morgan fingerprint density at radius 3 is 2.32 bits per heavy atom. The van der Waals surface area contributed by atoms with Crippen LogP contribution in [-0.4, -0.2) is 13.1 Å². The van der Waals surface area contributed by atoms with E-state index in [4.69, 9.17) is 0 Å². The first-order valence-corrected chi connectivity index (χ1v) is 6.76. The molecule has 0 amide bonds. The van der Waals surface area contributed by atoms with Crippen LogP contribution in [0.3, 0.4) is 0 Å². The Labute approximate surface area is 111 Å². The lowest BCUT2D eigenvalue weighted by Crippen LogP contribution is -1.83. The molecular weight excluding hydrogens is 260 g/mol. The Bertz CT molecular complexity index is 857. The third-order valence-corrected chi connectivity index (χ3v) is 3.24. The highest BCUT2D eigenvalue weighted by molar-refractivity contribution is 7.61. The molecule has 3 aromatic rings. The molecular formula is C14H10N2O2S. The zero-order chi connectivity index (χ0) is 13.2. The molecule has 0 aliphatic carbocycles. The molecule has 0 radical (unpaired) electrons. The number of hydrogen-bond acceptors (Lipinski definition) is 3. The van der Waals surface area contributed by atoms with Gasteiger partial charge >= 0.3 is 10.5 Å². The van der Waals surface area contributed by atoms with E-state index in [0.29, 0.717) is 0 Å². The number of benzene rings is 2.